The summed E-state index contributed by atoms with van der Waals surface area (Å²) in [6.45, 7) is 12.2. The summed E-state index contributed by atoms with van der Waals surface area (Å²) in [6, 6.07) is 0. The Morgan fingerprint density at radius 3 is 1.90 bits per heavy atom. The van der Waals surface area contributed by atoms with Gasteiger partial charge in [-0.05, 0) is 45.0 Å². The number of carbonyl (C=O) groups is 1. The third-order valence-corrected chi connectivity index (χ3v) is 3.79. The van der Waals surface area contributed by atoms with Crippen molar-refractivity contribution in [2.45, 2.75) is 71.6 Å². The number of hydrogen-bond donors (Lipinski definition) is 1. The Morgan fingerprint density at radius 1 is 0.905 bits per heavy atom. The third kappa shape index (κ3) is 13.9. The van der Waals surface area contributed by atoms with Crippen LogP contribution in [0.5, 0.6) is 0 Å². The van der Waals surface area contributed by atoms with Crippen LogP contribution in [0.15, 0.2) is 12.7 Å². The quantitative estimate of drug-likeness (QED) is 0.364. The molecule has 0 aromatic rings. The summed E-state index contributed by atoms with van der Waals surface area (Å²) in [5.74, 6) is -0.0626. The normalized spacial score (nSPS) is 10.8. The van der Waals surface area contributed by atoms with Crippen LogP contribution in [0, 0.1) is 0 Å². The van der Waals surface area contributed by atoms with Gasteiger partial charge in [0.1, 0.15) is 0 Å². The number of unbranched alkanes of at least 4 members (excludes halogenated alkanes) is 6. The molecule has 0 aliphatic heterocycles. The Balaban J connectivity index is 3.81. The van der Waals surface area contributed by atoms with Gasteiger partial charge in [-0.2, -0.15) is 0 Å². The van der Waals surface area contributed by atoms with Crippen LogP contribution in [0.2, 0.25) is 0 Å². The van der Waals surface area contributed by atoms with Crippen molar-refractivity contribution in [2.24, 2.45) is 0 Å². The zero-order chi connectivity index (χ0) is 15.8. The molecule has 0 radical (unpaired) electrons. The van der Waals surface area contributed by atoms with Crippen LogP contribution in [-0.4, -0.2) is 37.0 Å². The van der Waals surface area contributed by atoms with E-state index in [1.807, 2.05) is 0 Å². The van der Waals surface area contributed by atoms with E-state index in [9.17, 15) is 4.79 Å². The second kappa shape index (κ2) is 15.6. The summed E-state index contributed by atoms with van der Waals surface area (Å²) in [7, 11) is 0. The minimum atomic E-state index is -0.0626. The lowest BCUT2D eigenvalue weighted by atomic mass is 10.1. The van der Waals surface area contributed by atoms with Crippen LogP contribution in [0.4, 0.5) is 0 Å². The highest BCUT2D eigenvalue weighted by atomic mass is 16.1. The van der Waals surface area contributed by atoms with Gasteiger partial charge in [-0.25, -0.2) is 0 Å². The zero-order valence-electron chi connectivity index (χ0n) is 14.3. The molecule has 0 heterocycles. The minimum Gasteiger partial charge on any atom is -0.353 e. The molecule has 0 saturated carbocycles. The number of hydrogen-bond acceptors (Lipinski definition) is 2. The Kier molecular flexibility index (Phi) is 14.9. The molecule has 0 atom stereocenters. The standard InChI is InChI=1S/C18H36N2O/c1-4-7-9-11-15-20(16-12-10-8-5-2)17-13-14-19-18(21)6-3/h6H,3-5,7-17H2,1-2H3,(H,19,21). The molecule has 0 rings (SSSR count). The third-order valence-electron chi connectivity index (χ3n) is 3.79. The van der Waals surface area contributed by atoms with E-state index in [0.29, 0.717) is 0 Å². The van der Waals surface area contributed by atoms with Crippen LogP contribution >= 0.6 is 0 Å². The molecule has 0 fully saturated rings. The first-order valence-electron chi connectivity index (χ1n) is 8.87. The van der Waals surface area contributed by atoms with Gasteiger partial charge in [0, 0.05) is 6.54 Å². The Labute approximate surface area is 132 Å². The first-order valence-corrected chi connectivity index (χ1v) is 8.87. The molecule has 0 aromatic heterocycles. The largest absolute Gasteiger partial charge is 0.353 e. The molecule has 0 unspecified atom stereocenters. The van der Waals surface area contributed by atoms with Gasteiger partial charge in [-0.15, -0.1) is 0 Å². The van der Waals surface area contributed by atoms with Gasteiger partial charge >= 0.3 is 0 Å². The topological polar surface area (TPSA) is 32.3 Å². The van der Waals surface area contributed by atoms with Crippen LogP contribution in [0.1, 0.15) is 71.6 Å². The van der Waals surface area contributed by atoms with E-state index in [1.54, 1.807) is 0 Å². The molecule has 1 N–H and O–H groups in total. The van der Waals surface area contributed by atoms with E-state index in [4.69, 9.17) is 0 Å². The van der Waals surface area contributed by atoms with Crippen molar-refractivity contribution in [3.05, 3.63) is 12.7 Å². The van der Waals surface area contributed by atoms with Crippen molar-refractivity contribution in [3.63, 3.8) is 0 Å². The fraction of sp³-hybridized carbons (Fsp3) is 0.833. The van der Waals surface area contributed by atoms with Gasteiger partial charge in [0.2, 0.25) is 5.91 Å². The molecule has 0 spiro atoms. The zero-order valence-corrected chi connectivity index (χ0v) is 14.3. The first-order chi connectivity index (χ1) is 10.2. The van der Waals surface area contributed by atoms with Crippen LogP contribution in [0.3, 0.4) is 0 Å². The van der Waals surface area contributed by atoms with Gasteiger partial charge < -0.3 is 10.2 Å². The highest BCUT2D eigenvalue weighted by molar-refractivity contribution is 5.86. The number of nitrogens with zero attached hydrogens (tertiary/aromatic N) is 1. The Hall–Kier alpha value is -0.830. The Bertz CT molecular complexity index is 242. The fourth-order valence-corrected chi connectivity index (χ4v) is 2.45. The van der Waals surface area contributed by atoms with Crippen molar-refractivity contribution < 1.29 is 4.79 Å². The molecule has 0 aliphatic rings. The highest BCUT2D eigenvalue weighted by Crippen LogP contribution is 2.05. The second-order valence-corrected chi connectivity index (χ2v) is 5.81. The first kappa shape index (κ1) is 20.2. The number of amides is 1. The molecule has 0 saturated heterocycles. The van der Waals surface area contributed by atoms with Crippen LogP contribution < -0.4 is 5.32 Å². The maximum atomic E-state index is 11.1. The van der Waals surface area contributed by atoms with Crippen molar-refractivity contribution in [1.29, 1.82) is 0 Å². The van der Waals surface area contributed by atoms with E-state index in [-0.39, 0.29) is 5.91 Å². The van der Waals surface area contributed by atoms with Gasteiger partial charge in [0.05, 0.1) is 0 Å². The predicted octanol–water partition coefficient (Wildman–Crippen LogP) is 4.14. The molecule has 124 valence electrons. The van der Waals surface area contributed by atoms with Gasteiger partial charge in [0.25, 0.3) is 0 Å². The summed E-state index contributed by atoms with van der Waals surface area (Å²) in [4.78, 5) is 13.7. The molecule has 0 bridgehead atoms. The average Bonchev–Trinajstić information content (AvgIpc) is 2.50. The molecule has 3 heteroatoms. The number of rotatable bonds is 15. The van der Waals surface area contributed by atoms with Gasteiger partial charge in [0.15, 0.2) is 0 Å². The maximum Gasteiger partial charge on any atom is 0.243 e. The molecule has 3 nitrogen and oxygen atoms in total. The molecule has 0 aliphatic carbocycles. The molecule has 0 aromatic carbocycles. The van der Waals surface area contributed by atoms with E-state index in [0.717, 1.165) is 19.5 Å². The van der Waals surface area contributed by atoms with Crippen molar-refractivity contribution >= 4 is 5.91 Å². The van der Waals surface area contributed by atoms with Gasteiger partial charge in [-0.1, -0.05) is 59.0 Å². The predicted molar refractivity (Wildman–Crippen MR) is 92.5 cm³/mol. The highest BCUT2D eigenvalue weighted by Gasteiger charge is 2.04. The molecule has 21 heavy (non-hydrogen) atoms. The number of nitrogens with one attached hydrogen (secondary N) is 1. The van der Waals surface area contributed by atoms with Crippen LogP contribution in [0.25, 0.3) is 0 Å². The maximum absolute atomic E-state index is 11.1. The van der Waals surface area contributed by atoms with Gasteiger partial charge in [-0.3, -0.25) is 4.79 Å². The second-order valence-electron chi connectivity index (χ2n) is 5.81. The Morgan fingerprint density at radius 2 is 1.43 bits per heavy atom. The lowest BCUT2D eigenvalue weighted by Crippen LogP contribution is -2.30. The lowest BCUT2D eigenvalue weighted by Gasteiger charge is -2.22. The summed E-state index contributed by atoms with van der Waals surface area (Å²) >= 11 is 0. The van der Waals surface area contributed by atoms with Crippen molar-refractivity contribution in [1.82, 2.24) is 10.2 Å². The van der Waals surface area contributed by atoms with Crippen molar-refractivity contribution in [2.75, 3.05) is 26.2 Å². The molecular formula is C18H36N2O. The van der Waals surface area contributed by atoms with E-state index < -0.39 is 0 Å². The minimum absolute atomic E-state index is 0.0626. The van der Waals surface area contributed by atoms with Crippen LogP contribution in [-0.2, 0) is 4.79 Å². The van der Waals surface area contributed by atoms with Crippen molar-refractivity contribution in [3.8, 4) is 0 Å². The average molecular weight is 296 g/mol. The summed E-state index contributed by atoms with van der Waals surface area (Å²) in [6.07, 6.45) is 13.0. The van der Waals surface area contributed by atoms with E-state index in [2.05, 4.69) is 30.6 Å². The molecular weight excluding hydrogens is 260 g/mol. The monoisotopic (exact) mass is 296 g/mol. The number of carbonyl (C=O) groups excluding carboxylic acids is 1. The summed E-state index contributed by atoms with van der Waals surface area (Å²) in [5.41, 5.74) is 0. The van der Waals surface area contributed by atoms with E-state index in [1.165, 1.54) is 70.5 Å². The summed E-state index contributed by atoms with van der Waals surface area (Å²) < 4.78 is 0. The summed E-state index contributed by atoms with van der Waals surface area (Å²) in [5, 5.41) is 2.86. The fourth-order valence-electron chi connectivity index (χ4n) is 2.45. The lowest BCUT2D eigenvalue weighted by molar-refractivity contribution is -0.116. The smallest absolute Gasteiger partial charge is 0.243 e. The van der Waals surface area contributed by atoms with E-state index >= 15 is 0 Å². The molecule has 1 amide bonds. The SMILES string of the molecule is C=CC(=O)NCCCN(CCCCCC)CCCCCC.